The van der Waals surface area contributed by atoms with Crippen LogP contribution in [0.3, 0.4) is 0 Å². The Hall–Kier alpha value is -2.00. The molecular formula is C26H36ClN3O3S2. The highest BCUT2D eigenvalue weighted by Gasteiger charge is 2.23. The van der Waals surface area contributed by atoms with E-state index in [1.54, 1.807) is 54.3 Å². The fourth-order valence-corrected chi connectivity index (χ4v) is 6.03. The van der Waals surface area contributed by atoms with E-state index in [0.717, 1.165) is 46.5 Å². The summed E-state index contributed by atoms with van der Waals surface area (Å²) in [4.78, 5) is 22.7. The zero-order valence-corrected chi connectivity index (χ0v) is 23.8. The van der Waals surface area contributed by atoms with Crippen molar-refractivity contribution >= 4 is 54.8 Å². The summed E-state index contributed by atoms with van der Waals surface area (Å²) in [6.45, 7) is 14.8. The quantitative estimate of drug-likeness (QED) is 0.344. The number of benzene rings is 2. The number of aromatic nitrogens is 1. The van der Waals surface area contributed by atoms with Crippen LogP contribution in [-0.4, -0.2) is 55.6 Å². The van der Waals surface area contributed by atoms with E-state index in [2.05, 4.69) is 37.8 Å². The maximum Gasteiger partial charge on any atom is 0.233 e. The molecule has 2 aromatic carbocycles. The van der Waals surface area contributed by atoms with E-state index in [0.29, 0.717) is 11.7 Å². The van der Waals surface area contributed by atoms with Crippen molar-refractivity contribution in [1.29, 1.82) is 0 Å². The molecule has 0 bridgehead atoms. The average Bonchev–Trinajstić information content (AvgIpc) is 3.26. The first kappa shape index (κ1) is 29.2. The molecule has 0 unspecified atom stereocenters. The first-order chi connectivity index (χ1) is 16.1. The highest BCUT2D eigenvalue weighted by atomic mass is 35.5. The highest BCUT2D eigenvalue weighted by Crippen LogP contribution is 2.33. The Morgan fingerprint density at radius 3 is 2.11 bits per heavy atom. The third-order valence-corrected chi connectivity index (χ3v) is 9.61. The topological polar surface area (TPSA) is 70.6 Å². The van der Waals surface area contributed by atoms with Gasteiger partial charge in [0.15, 0.2) is 15.0 Å². The standard InChI is InChI=1S/C26H35N3O3S2.ClH/c1-7-28(8-2)15-16-29(26-27-24-19(5)9-10-20(6)25(24)33-26)23(30)17-21-11-13-22(14-12-21)34(31,32)18(3)4;/h9-14,18H,7-8,15-17H2,1-6H3;1H. The van der Waals surface area contributed by atoms with E-state index in [4.69, 9.17) is 4.98 Å². The first-order valence-electron chi connectivity index (χ1n) is 11.8. The molecule has 35 heavy (non-hydrogen) atoms. The lowest BCUT2D eigenvalue weighted by Gasteiger charge is -2.24. The summed E-state index contributed by atoms with van der Waals surface area (Å²) in [5, 5.41) is 0.227. The summed E-state index contributed by atoms with van der Waals surface area (Å²) >= 11 is 1.56. The molecule has 0 aliphatic rings. The maximum absolute atomic E-state index is 13.5. The van der Waals surface area contributed by atoms with Crippen molar-refractivity contribution in [2.24, 2.45) is 0 Å². The number of carbonyl (C=O) groups is 1. The van der Waals surface area contributed by atoms with Crippen LogP contribution in [0.4, 0.5) is 5.13 Å². The second-order valence-corrected chi connectivity index (χ2v) is 12.3. The van der Waals surface area contributed by atoms with E-state index in [9.17, 15) is 13.2 Å². The van der Waals surface area contributed by atoms with Gasteiger partial charge in [-0.1, -0.05) is 49.4 Å². The molecule has 0 N–H and O–H groups in total. The van der Waals surface area contributed by atoms with Gasteiger partial charge in [-0.15, -0.1) is 12.4 Å². The molecular weight excluding hydrogens is 502 g/mol. The van der Waals surface area contributed by atoms with E-state index in [1.165, 1.54) is 0 Å². The van der Waals surface area contributed by atoms with Crippen LogP contribution in [0.1, 0.15) is 44.4 Å². The number of amides is 1. The molecule has 0 spiro atoms. The van der Waals surface area contributed by atoms with Crippen LogP contribution in [0.5, 0.6) is 0 Å². The minimum absolute atomic E-state index is 0. The number of fused-ring (bicyclic) bond motifs is 1. The second kappa shape index (κ2) is 12.3. The minimum Gasteiger partial charge on any atom is -0.302 e. The smallest absolute Gasteiger partial charge is 0.233 e. The molecule has 0 saturated heterocycles. The molecule has 1 amide bonds. The molecule has 6 nitrogen and oxygen atoms in total. The zero-order chi connectivity index (χ0) is 25.0. The predicted molar refractivity (Wildman–Crippen MR) is 149 cm³/mol. The van der Waals surface area contributed by atoms with Crippen molar-refractivity contribution in [2.75, 3.05) is 31.1 Å². The second-order valence-electron chi connectivity index (χ2n) is 8.86. The number of hydrogen-bond donors (Lipinski definition) is 0. The van der Waals surface area contributed by atoms with Gasteiger partial charge in [-0.3, -0.25) is 9.69 Å². The third-order valence-electron chi connectivity index (χ3n) is 6.22. The maximum atomic E-state index is 13.5. The monoisotopic (exact) mass is 537 g/mol. The number of halogens is 1. The molecule has 1 heterocycles. The first-order valence-corrected chi connectivity index (χ1v) is 14.2. The predicted octanol–water partition coefficient (Wildman–Crippen LogP) is 5.43. The lowest BCUT2D eigenvalue weighted by Crippen LogP contribution is -2.39. The van der Waals surface area contributed by atoms with Gasteiger partial charge in [-0.25, -0.2) is 13.4 Å². The number of thiazole rings is 1. The molecule has 3 aromatic rings. The van der Waals surface area contributed by atoms with Gasteiger partial charge in [0.1, 0.15) is 0 Å². The molecule has 192 valence electrons. The van der Waals surface area contributed by atoms with Gasteiger partial charge in [0, 0.05) is 13.1 Å². The summed E-state index contributed by atoms with van der Waals surface area (Å²) in [6.07, 6.45) is 0.189. The van der Waals surface area contributed by atoms with Gasteiger partial charge in [0.2, 0.25) is 5.91 Å². The lowest BCUT2D eigenvalue weighted by molar-refractivity contribution is -0.118. The van der Waals surface area contributed by atoms with E-state index < -0.39 is 15.1 Å². The SMILES string of the molecule is CCN(CC)CCN(C(=O)Cc1ccc(S(=O)(=O)C(C)C)cc1)c1nc2c(C)ccc(C)c2s1.Cl. The number of carbonyl (C=O) groups excluding carboxylic acids is 1. The van der Waals surface area contributed by atoms with Crippen LogP contribution in [-0.2, 0) is 21.1 Å². The number of nitrogens with zero attached hydrogens (tertiary/aromatic N) is 3. The van der Waals surface area contributed by atoms with E-state index >= 15 is 0 Å². The van der Waals surface area contributed by atoms with Crippen LogP contribution in [0.2, 0.25) is 0 Å². The summed E-state index contributed by atoms with van der Waals surface area (Å²) in [6, 6.07) is 10.8. The molecule has 0 atom stereocenters. The van der Waals surface area contributed by atoms with Crippen molar-refractivity contribution in [3.63, 3.8) is 0 Å². The van der Waals surface area contributed by atoms with Gasteiger partial charge >= 0.3 is 0 Å². The van der Waals surface area contributed by atoms with Gasteiger partial charge < -0.3 is 4.90 Å². The minimum atomic E-state index is -3.34. The Morgan fingerprint density at radius 1 is 0.971 bits per heavy atom. The Bertz CT molecular complexity index is 1210. The van der Waals surface area contributed by atoms with Crippen molar-refractivity contribution in [3.8, 4) is 0 Å². The molecule has 0 fully saturated rings. The Labute approximate surface area is 219 Å². The summed E-state index contributed by atoms with van der Waals surface area (Å²) in [7, 11) is -3.34. The van der Waals surface area contributed by atoms with Gasteiger partial charge in [0.25, 0.3) is 0 Å². The highest BCUT2D eigenvalue weighted by molar-refractivity contribution is 7.92. The van der Waals surface area contributed by atoms with Crippen molar-refractivity contribution in [2.45, 2.75) is 58.1 Å². The van der Waals surface area contributed by atoms with E-state index in [-0.39, 0.29) is 29.6 Å². The molecule has 9 heteroatoms. The molecule has 0 aliphatic carbocycles. The normalized spacial score (nSPS) is 11.8. The Morgan fingerprint density at radius 2 is 1.57 bits per heavy atom. The fourth-order valence-electron chi connectivity index (χ4n) is 3.81. The number of hydrogen-bond acceptors (Lipinski definition) is 6. The zero-order valence-electron chi connectivity index (χ0n) is 21.4. The van der Waals surface area contributed by atoms with Gasteiger partial charge in [0.05, 0.1) is 26.8 Å². The Balaban J connectivity index is 0.00000432. The summed E-state index contributed by atoms with van der Waals surface area (Å²) < 4.78 is 25.9. The third kappa shape index (κ3) is 6.61. The Kier molecular flexibility index (Phi) is 10.3. The number of anilines is 1. The number of sulfone groups is 1. The summed E-state index contributed by atoms with van der Waals surface area (Å²) in [5.41, 5.74) is 3.99. The van der Waals surface area contributed by atoms with Gasteiger partial charge in [-0.2, -0.15) is 0 Å². The van der Waals surface area contributed by atoms with Crippen LogP contribution in [0, 0.1) is 13.8 Å². The molecule has 0 aliphatic heterocycles. The van der Waals surface area contributed by atoms with Crippen LogP contribution < -0.4 is 4.90 Å². The van der Waals surface area contributed by atoms with Crippen molar-refractivity contribution in [1.82, 2.24) is 9.88 Å². The number of rotatable bonds is 10. The van der Waals surface area contributed by atoms with E-state index in [1.807, 2.05) is 6.92 Å². The summed E-state index contributed by atoms with van der Waals surface area (Å²) in [5.74, 6) is -0.0408. The average molecular weight is 538 g/mol. The molecule has 0 radical (unpaired) electrons. The van der Waals surface area contributed by atoms with Crippen molar-refractivity contribution < 1.29 is 13.2 Å². The molecule has 0 saturated carbocycles. The van der Waals surface area contributed by atoms with Crippen LogP contribution in [0.25, 0.3) is 10.2 Å². The molecule has 1 aromatic heterocycles. The van der Waals surface area contributed by atoms with Crippen LogP contribution in [0.15, 0.2) is 41.3 Å². The fraction of sp³-hybridized carbons (Fsp3) is 0.462. The van der Waals surface area contributed by atoms with Crippen molar-refractivity contribution in [3.05, 3.63) is 53.1 Å². The van der Waals surface area contributed by atoms with Gasteiger partial charge in [-0.05, 0) is 69.6 Å². The largest absolute Gasteiger partial charge is 0.302 e. The lowest BCUT2D eigenvalue weighted by atomic mass is 10.1. The van der Waals surface area contributed by atoms with Crippen LogP contribution >= 0.6 is 23.7 Å². The number of likely N-dealkylation sites (N-methyl/N-ethyl adjacent to an activating group) is 1. The molecule has 3 rings (SSSR count). The number of aryl methyl sites for hydroxylation is 2.